The Morgan fingerprint density at radius 2 is 2.00 bits per heavy atom. The van der Waals surface area contributed by atoms with Gasteiger partial charge in [0, 0.05) is 17.9 Å². The number of hydrogen-bond acceptors (Lipinski definition) is 4. The molecule has 1 unspecified atom stereocenters. The van der Waals surface area contributed by atoms with Gasteiger partial charge >= 0.3 is 0 Å². The molecular formula is C21H22N2OS2. The first-order valence-electron chi connectivity index (χ1n) is 9.00. The van der Waals surface area contributed by atoms with Gasteiger partial charge in [0.2, 0.25) is 0 Å². The van der Waals surface area contributed by atoms with Crippen molar-refractivity contribution in [3.8, 4) is 0 Å². The van der Waals surface area contributed by atoms with Crippen LogP contribution in [-0.4, -0.2) is 28.6 Å². The minimum Gasteiger partial charge on any atom is -0.329 e. The maximum absolute atomic E-state index is 13.2. The van der Waals surface area contributed by atoms with Gasteiger partial charge in [-0.05, 0) is 55.3 Å². The first-order valence-corrected chi connectivity index (χ1v) is 11.2. The van der Waals surface area contributed by atoms with Gasteiger partial charge in [-0.1, -0.05) is 24.3 Å². The van der Waals surface area contributed by atoms with Crippen molar-refractivity contribution in [1.29, 1.82) is 0 Å². The number of hydrogen-bond donors (Lipinski definition) is 0. The lowest BCUT2D eigenvalue weighted by atomic mass is 10.0. The SMILES string of the molecule is CSCc1ccc(C(=O)N2CCCCC2c2nc3ccccc3s2)cc1. The first-order chi connectivity index (χ1) is 12.8. The molecule has 4 rings (SSSR count). The molecule has 1 fully saturated rings. The molecule has 2 heterocycles. The van der Waals surface area contributed by atoms with Crippen LogP contribution in [0.2, 0.25) is 0 Å². The number of rotatable bonds is 4. The van der Waals surface area contributed by atoms with Crippen molar-refractivity contribution >= 4 is 39.2 Å². The van der Waals surface area contributed by atoms with Gasteiger partial charge in [0.25, 0.3) is 5.91 Å². The standard InChI is InChI=1S/C21H22N2OS2/c1-25-14-15-9-11-16(12-10-15)21(24)23-13-5-4-7-18(23)20-22-17-6-2-3-8-19(17)26-20/h2-3,6,8-12,18H,4-5,7,13-14H2,1H3. The van der Waals surface area contributed by atoms with E-state index >= 15 is 0 Å². The lowest BCUT2D eigenvalue weighted by molar-refractivity contribution is 0.0611. The maximum atomic E-state index is 13.2. The zero-order valence-corrected chi connectivity index (χ0v) is 16.5. The minimum atomic E-state index is 0.0968. The lowest BCUT2D eigenvalue weighted by Crippen LogP contribution is -2.38. The van der Waals surface area contributed by atoms with Crippen molar-refractivity contribution in [3.63, 3.8) is 0 Å². The van der Waals surface area contributed by atoms with Gasteiger partial charge in [-0.2, -0.15) is 11.8 Å². The lowest BCUT2D eigenvalue weighted by Gasteiger charge is -2.34. The fourth-order valence-corrected chi connectivity index (χ4v) is 5.18. The third kappa shape index (κ3) is 3.51. The van der Waals surface area contributed by atoms with Gasteiger partial charge in [0.15, 0.2) is 0 Å². The van der Waals surface area contributed by atoms with E-state index in [0.29, 0.717) is 0 Å². The van der Waals surface area contributed by atoms with E-state index in [1.807, 2.05) is 29.2 Å². The monoisotopic (exact) mass is 382 g/mol. The summed E-state index contributed by atoms with van der Waals surface area (Å²) in [6.45, 7) is 0.811. The third-order valence-electron chi connectivity index (χ3n) is 4.87. The van der Waals surface area contributed by atoms with Crippen molar-refractivity contribution in [2.45, 2.75) is 31.1 Å². The molecule has 3 nitrogen and oxygen atoms in total. The first kappa shape index (κ1) is 17.6. The van der Waals surface area contributed by atoms with Crippen LogP contribution in [0.4, 0.5) is 0 Å². The molecule has 0 N–H and O–H groups in total. The molecule has 1 atom stereocenters. The molecule has 1 aromatic heterocycles. The van der Waals surface area contributed by atoms with E-state index in [9.17, 15) is 4.79 Å². The zero-order chi connectivity index (χ0) is 17.9. The average Bonchev–Trinajstić information content (AvgIpc) is 3.12. The van der Waals surface area contributed by atoms with E-state index in [1.54, 1.807) is 23.1 Å². The second kappa shape index (κ2) is 7.80. The fraction of sp³-hybridized carbons (Fsp3) is 0.333. The number of carbonyl (C=O) groups is 1. The van der Waals surface area contributed by atoms with Crippen LogP contribution in [0.15, 0.2) is 48.5 Å². The topological polar surface area (TPSA) is 33.2 Å². The molecule has 5 heteroatoms. The molecule has 0 saturated carbocycles. The Morgan fingerprint density at radius 3 is 2.77 bits per heavy atom. The number of nitrogens with zero attached hydrogens (tertiary/aromatic N) is 2. The molecule has 134 valence electrons. The van der Waals surface area contributed by atoms with E-state index in [1.165, 1.54) is 10.3 Å². The smallest absolute Gasteiger partial charge is 0.254 e. The Morgan fingerprint density at radius 1 is 1.19 bits per heavy atom. The highest BCUT2D eigenvalue weighted by Crippen LogP contribution is 2.36. The summed E-state index contributed by atoms with van der Waals surface area (Å²) >= 11 is 3.52. The highest BCUT2D eigenvalue weighted by molar-refractivity contribution is 7.97. The van der Waals surface area contributed by atoms with Crippen LogP contribution in [-0.2, 0) is 5.75 Å². The van der Waals surface area contributed by atoms with E-state index in [2.05, 4.69) is 30.5 Å². The van der Waals surface area contributed by atoms with Crippen molar-refractivity contribution in [2.24, 2.45) is 0 Å². The Bertz CT molecular complexity index is 871. The molecule has 26 heavy (non-hydrogen) atoms. The number of piperidine rings is 1. The number of amides is 1. The van der Waals surface area contributed by atoms with Crippen LogP contribution in [0, 0.1) is 0 Å². The van der Waals surface area contributed by atoms with Gasteiger partial charge in [0.05, 0.1) is 16.3 Å². The summed E-state index contributed by atoms with van der Waals surface area (Å²) in [6, 6.07) is 16.4. The number of aromatic nitrogens is 1. The maximum Gasteiger partial charge on any atom is 0.254 e. The van der Waals surface area contributed by atoms with E-state index in [-0.39, 0.29) is 11.9 Å². The van der Waals surface area contributed by atoms with Gasteiger partial charge in [-0.15, -0.1) is 11.3 Å². The second-order valence-electron chi connectivity index (χ2n) is 6.66. The summed E-state index contributed by atoms with van der Waals surface area (Å²) in [5.74, 6) is 1.11. The number of para-hydroxylation sites is 1. The van der Waals surface area contributed by atoms with Crippen molar-refractivity contribution in [1.82, 2.24) is 9.88 Å². The van der Waals surface area contributed by atoms with Crippen LogP contribution in [0.5, 0.6) is 0 Å². The predicted molar refractivity (Wildman–Crippen MR) is 111 cm³/mol. The fourth-order valence-electron chi connectivity index (χ4n) is 3.54. The number of likely N-dealkylation sites (tertiary alicyclic amines) is 1. The summed E-state index contributed by atoms with van der Waals surface area (Å²) in [5, 5.41) is 1.07. The average molecular weight is 383 g/mol. The summed E-state index contributed by atoms with van der Waals surface area (Å²) < 4.78 is 1.20. The molecular weight excluding hydrogens is 360 g/mol. The number of thioether (sulfide) groups is 1. The summed E-state index contributed by atoms with van der Waals surface area (Å²) in [6.07, 6.45) is 5.31. The second-order valence-corrected chi connectivity index (χ2v) is 8.59. The number of fused-ring (bicyclic) bond motifs is 1. The third-order valence-corrected chi connectivity index (χ3v) is 6.63. The quantitative estimate of drug-likeness (QED) is 0.595. The molecule has 0 aliphatic carbocycles. The minimum absolute atomic E-state index is 0.0968. The Kier molecular flexibility index (Phi) is 5.27. The Hall–Kier alpha value is -1.85. The summed E-state index contributed by atoms with van der Waals surface area (Å²) in [4.78, 5) is 20.0. The van der Waals surface area contributed by atoms with Crippen LogP contribution >= 0.6 is 23.1 Å². The van der Waals surface area contributed by atoms with Crippen molar-refractivity contribution < 1.29 is 4.79 Å². The molecule has 1 aliphatic heterocycles. The van der Waals surface area contributed by atoms with Crippen LogP contribution < -0.4 is 0 Å². The van der Waals surface area contributed by atoms with Gasteiger partial charge in [-0.3, -0.25) is 4.79 Å². The zero-order valence-electron chi connectivity index (χ0n) is 14.9. The van der Waals surface area contributed by atoms with Crippen LogP contribution in [0.1, 0.15) is 46.2 Å². The normalized spacial score (nSPS) is 17.6. The number of thiazole rings is 1. The van der Waals surface area contributed by atoms with Gasteiger partial charge in [0.1, 0.15) is 5.01 Å². The molecule has 0 spiro atoms. The molecule has 0 bridgehead atoms. The molecule has 1 aliphatic rings. The van der Waals surface area contributed by atoms with Gasteiger partial charge in [-0.25, -0.2) is 4.98 Å². The number of benzene rings is 2. The van der Waals surface area contributed by atoms with E-state index in [0.717, 1.165) is 47.6 Å². The van der Waals surface area contributed by atoms with Crippen molar-refractivity contribution in [3.05, 3.63) is 64.7 Å². The highest BCUT2D eigenvalue weighted by atomic mass is 32.2. The Labute approximate surface area is 162 Å². The Balaban J connectivity index is 1.61. The molecule has 2 aromatic carbocycles. The van der Waals surface area contributed by atoms with Crippen LogP contribution in [0.3, 0.4) is 0 Å². The highest BCUT2D eigenvalue weighted by Gasteiger charge is 2.30. The molecule has 1 saturated heterocycles. The number of carbonyl (C=O) groups excluding carboxylic acids is 1. The molecule has 0 radical (unpaired) electrons. The van der Waals surface area contributed by atoms with Gasteiger partial charge < -0.3 is 4.90 Å². The predicted octanol–water partition coefficient (Wildman–Crippen LogP) is 5.53. The van der Waals surface area contributed by atoms with Crippen LogP contribution in [0.25, 0.3) is 10.2 Å². The molecule has 3 aromatic rings. The molecule has 1 amide bonds. The summed E-state index contributed by atoms with van der Waals surface area (Å²) in [7, 11) is 0. The summed E-state index contributed by atoms with van der Waals surface area (Å²) in [5.41, 5.74) is 3.07. The van der Waals surface area contributed by atoms with Crippen molar-refractivity contribution in [2.75, 3.05) is 12.8 Å². The van der Waals surface area contributed by atoms with E-state index < -0.39 is 0 Å². The van der Waals surface area contributed by atoms with E-state index in [4.69, 9.17) is 4.98 Å². The largest absolute Gasteiger partial charge is 0.329 e.